The number of nitrogens with zero attached hydrogens (tertiary/aromatic N) is 1. The number of nitrogens with one attached hydrogen (secondary N) is 1. The lowest BCUT2D eigenvalue weighted by atomic mass is 9.98. The van der Waals surface area contributed by atoms with E-state index in [9.17, 15) is 0 Å². The van der Waals surface area contributed by atoms with Crippen LogP contribution in [0.25, 0.3) is 0 Å². The second kappa shape index (κ2) is 8.08. The van der Waals surface area contributed by atoms with Gasteiger partial charge in [-0.2, -0.15) is 0 Å². The van der Waals surface area contributed by atoms with Crippen LogP contribution in [-0.2, 0) is 0 Å². The lowest BCUT2D eigenvalue weighted by Crippen LogP contribution is -2.31. The minimum Gasteiger partial charge on any atom is -0.314 e. The second-order valence-electron chi connectivity index (χ2n) is 5.59. The van der Waals surface area contributed by atoms with Crippen molar-refractivity contribution in [1.82, 2.24) is 10.2 Å². The Morgan fingerprint density at radius 2 is 1.94 bits per heavy atom. The van der Waals surface area contributed by atoms with Crippen LogP contribution in [0.3, 0.4) is 0 Å². The van der Waals surface area contributed by atoms with Crippen molar-refractivity contribution >= 4 is 0 Å². The van der Waals surface area contributed by atoms with E-state index in [1.807, 2.05) is 0 Å². The normalized spacial score (nSPS) is 27.0. The van der Waals surface area contributed by atoms with Crippen molar-refractivity contribution in [2.75, 3.05) is 27.2 Å². The standard InChI is InChI=1S/C14H30N2/c1-4-13-7-5-8-14(10-9-13)15-11-6-12-16(2)3/h13-15H,4-12H2,1-3H3. The first kappa shape index (κ1) is 14.0. The molecule has 2 heteroatoms. The minimum absolute atomic E-state index is 0.804. The molecule has 1 rings (SSSR count). The summed E-state index contributed by atoms with van der Waals surface area (Å²) in [6.07, 6.45) is 9.81. The summed E-state index contributed by atoms with van der Waals surface area (Å²) in [5.74, 6) is 1.01. The van der Waals surface area contributed by atoms with Crippen LogP contribution < -0.4 is 5.32 Å². The molecule has 0 aromatic carbocycles. The molecule has 1 aliphatic carbocycles. The van der Waals surface area contributed by atoms with Gasteiger partial charge in [-0.15, -0.1) is 0 Å². The number of hydrogen-bond acceptors (Lipinski definition) is 2. The molecule has 0 amide bonds. The van der Waals surface area contributed by atoms with Crippen LogP contribution in [0, 0.1) is 5.92 Å². The fraction of sp³-hybridized carbons (Fsp3) is 1.00. The number of rotatable bonds is 6. The molecule has 0 heterocycles. The topological polar surface area (TPSA) is 15.3 Å². The molecule has 16 heavy (non-hydrogen) atoms. The maximum Gasteiger partial charge on any atom is 0.00671 e. The molecule has 1 fully saturated rings. The quantitative estimate of drug-likeness (QED) is 0.553. The molecule has 96 valence electrons. The fourth-order valence-electron chi connectivity index (χ4n) is 2.69. The molecular weight excluding hydrogens is 196 g/mol. The van der Waals surface area contributed by atoms with Crippen molar-refractivity contribution in [3.05, 3.63) is 0 Å². The Hall–Kier alpha value is -0.0800. The average Bonchev–Trinajstić information content (AvgIpc) is 2.49. The molecule has 0 bridgehead atoms. The van der Waals surface area contributed by atoms with Crippen molar-refractivity contribution in [3.8, 4) is 0 Å². The third-order valence-electron chi connectivity index (χ3n) is 3.88. The summed E-state index contributed by atoms with van der Waals surface area (Å²) in [5.41, 5.74) is 0. The zero-order valence-corrected chi connectivity index (χ0v) is 11.5. The Morgan fingerprint density at radius 1 is 1.12 bits per heavy atom. The highest BCUT2D eigenvalue weighted by atomic mass is 15.1. The van der Waals surface area contributed by atoms with Crippen molar-refractivity contribution in [2.24, 2.45) is 5.92 Å². The van der Waals surface area contributed by atoms with E-state index in [0.29, 0.717) is 0 Å². The van der Waals surface area contributed by atoms with Crippen molar-refractivity contribution < 1.29 is 0 Å². The average molecular weight is 226 g/mol. The van der Waals surface area contributed by atoms with Gasteiger partial charge in [-0.1, -0.05) is 26.2 Å². The first-order chi connectivity index (χ1) is 7.72. The Labute approximate surface area is 102 Å². The van der Waals surface area contributed by atoms with Crippen LogP contribution in [0.1, 0.15) is 51.9 Å². The highest BCUT2D eigenvalue weighted by Gasteiger charge is 2.16. The minimum atomic E-state index is 0.804. The molecule has 0 aromatic rings. The SMILES string of the molecule is CCC1CCCC(NCCCN(C)C)CC1. The van der Waals surface area contributed by atoms with Gasteiger partial charge in [-0.3, -0.25) is 0 Å². The largest absolute Gasteiger partial charge is 0.314 e. The summed E-state index contributed by atoms with van der Waals surface area (Å²) < 4.78 is 0. The maximum absolute atomic E-state index is 3.73. The van der Waals surface area contributed by atoms with Crippen LogP contribution >= 0.6 is 0 Å². The first-order valence-electron chi connectivity index (χ1n) is 7.10. The van der Waals surface area contributed by atoms with Gasteiger partial charge in [0.25, 0.3) is 0 Å². The molecule has 1 saturated carbocycles. The lowest BCUT2D eigenvalue weighted by molar-refractivity contribution is 0.376. The van der Waals surface area contributed by atoms with E-state index >= 15 is 0 Å². The van der Waals surface area contributed by atoms with Gasteiger partial charge in [0.15, 0.2) is 0 Å². The van der Waals surface area contributed by atoms with Crippen LogP contribution in [0.5, 0.6) is 0 Å². The van der Waals surface area contributed by atoms with E-state index in [-0.39, 0.29) is 0 Å². The summed E-state index contributed by atoms with van der Waals surface area (Å²) in [6.45, 7) is 4.74. The molecule has 0 spiro atoms. The van der Waals surface area contributed by atoms with Gasteiger partial charge in [-0.05, 0) is 58.8 Å². The summed E-state index contributed by atoms with van der Waals surface area (Å²) in [7, 11) is 4.30. The van der Waals surface area contributed by atoms with E-state index in [1.165, 1.54) is 58.0 Å². The molecule has 0 saturated heterocycles. The summed E-state index contributed by atoms with van der Waals surface area (Å²) in [6, 6.07) is 0.804. The molecule has 1 aliphatic rings. The first-order valence-corrected chi connectivity index (χ1v) is 7.10. The third kappa shape index (κ3) is 5.86. The van der Waals surface area contributed by atoms with Crippen LogP contribution in [0.4, 0.5) is 0 Å². The molecule has 2 nitrogen and oxygen atoms in total. The van der Waals surface area contributed by atoms with Crippen molar-refractivity contribution in [3.63, 3.8) is 0 Å². The van der Waals surface area contributed by atoms with Gasteiger partial charge in [0.05, 0.1) is 0 Å². The van der Waals surface area contributed by atoms with Crippen LogP contribution in [0.15, 0.2) is 0 Å². The predicted octanol–water partition coefficient (Wildman–Crippen LogP) is 2.89. The molecule has 1 N–H and O–H groups in total. The van der Waals surface area contributed by atoms with Crippen molar-refractivity contribution in [2.45, 2.75) is 57.9 Å². The van der Waals surface area contributed by atoms with Crippen LogP contribution in [-0.4, -0.2) is 38.1 Å². The van der Waals surface area contributed by atoms with Gasteiger partial charge < -0.3 is 10.2 Å². The van der Waals surface area contributed by atoms with E-state index in [0.717, 1.165) is 12.0 Å². The van der Waals surface area contributed by atoms with E-state index < -0.39 is 0 Å². The van der Waals surface area contributed by atoms with Gasteiger partial charge >= 0.3 is 0 Å². The van der Waals surface area contributed by atoms with E-state index in [2.05, 4.69) is 31.2 Å². The third-order valence-corrected chi connectivity index (χ3v) is 3.88. The predicted molar refractivity (Wildman–Crippen MR) is 71.8 cm³/mol. The van der Waals surface area contributed by atoms with Gasteiger partial charge in [0, 0.05) is 6.04 Å². The summed E-state index contributed by atoms with van der Waals surface area (Å²) in [4.78, 5) is 2.27. The Morgan fingerprint density at radius 3 is 2.62 bits per heavy atom. The van der Waals surface area contributed by atoms with E-state index in [1.54, 1.807) is 0 Å². The highest BCUT2D eigenvalue weighted by molar-refractivity contribution is 4.74. The second-order valence-corrected chi connectivity index (χ2v) is 5.59. The summed E-state index contributed by atoms with van der Waals surface area (Å²) in [5, 5.41) is 3.73. The summed E-state index contributed by atoms with van der Waals surface area (Å²) >= 11 is 0. The van der Waals surface area contributed by atoms with Gasteiger partial charge in [-0.25, -0.2) is 0 Å². The zero-order valence-electron chi connectivity index (χ0n) is 11.5. The van der Waals surface area contributed by atoms with E-state index in [4.69, 9.17) is 0 Å². The molecule has 2 atom stereocenters. The molecular formula is C14H30N2. The van der Waals surface area contributed by atoms with Gasteiger partial charge in [0.1, 0.15) is 0 Å². The molecule has 0 aliphatic heterocycles. The monoisotopic (exact) mass is 226 g/mol. The fourth-order valence-corrected chi connectivity index (χ4v) is 2.69. The Kier molecular flexibility index (Phi) is 7.06. The number of hydrogen-bond donors (Lipinski definition) is 1. The Balaban J connectivity index is 2.08. The van der Waals surface area contributed by atoms with Gasteiger partial charge in [0.2, 0.25) is 0 Å². The zero-order chi connectivity index (χ0) is 11.8. The lowest BCUT2D eigenvalue weighted by Gasteiger charge is -2.17. The maximum atomic E-state index is 3.73. The highest BCUT2D eigenvalue weighted by Crippen LogP contribution is 2.25. The Bertz CT molecular complexity index is 168. The van der Waals surface area contributed by atoms with Crippen molar-refractivity contribution in [1.29, 1.82) is 0 Å². The molecule has 0 radical (unpaired) electrons. The van der Waals surface area contributed by atoms with Crippen LogP contribution in [0.2, 0.25) is 0 Å². The smallest absolute Gasteiger partial charge is 0.00671 e. The molecule has 0 aromatic heterocycles. The molecule has 2 unspecified atom stereocenters.